The van der Waals surface area contributed by atoms with Crippen molar-refractivity contribution in [3.63, 3.8) is 0 Å². The molecule has 5 rings (SSSR count). The monoisotopic (exact) mass is 382 g/mol. The maximum Gasteiger partial charge on any atom is 0.263 e. The van der Waals surface area contributed by atoms with Crippen LogP contribution in [-0.4, -0.2) is 40.7 Å². The van der Waals surface area contributed by atoms with Crippen molar-refractivity contribution in [1.82, 2.24) is 34.8 Å². The Hall–Kier alpha value is -4.40. The number of nitrogens with zero attached hydrogens (tertiary/aromatic N) is 6. The molecular weight excluding hydrogens is 368 g/mol. The summed E-state index contributed by atoms with van der Waals surface area (Å²) in [6, 6.07) is 17.1. The van der Waals surface area contributed by atoms with Crippen molar-refractivity contribution >= 4 is 17.5 Å². The summed E-state index contributed by atoms with van der Waals surface area (Å²) in [6.45, 7) is 0. The third kappa shape index (κ3) is 3.10. The standard InChI is InChI=1S/C20H14N8O/c29-19(25-20-24-17(26-27-20)15-8-4-5-10-21-15)14-12-23-28-16(9-11-22-18(14)28)13-6-2-1-3-7-13/h1-12H,(H2,24,25,26,27,29). The Labute approximate surface area is 164 Å². The first-order valence-electron chi connectivity index (χ1n) is 8.83. The van der Waals surface area contributed by atoms with E-state index in [0.717, 1.165) is 11.3 Å². The molecule has 0 bridgehead atoms. The molecule has 1 amide bonds. The lowest BCUT2D eigenvalue weighted by Crippen LogP contribution is -2.13. The number of carbonyl (C=O) groups excluding carboxylic acids is 1. The normalized spacial score (nSPS) is 10.9. The molecule has 0 atom stereocenters. The number of benzene rings is 1. The van der Waals surface area contributed by atoms with Gasteiger partial charge in [-0.15, -0.1) is 5.10 Å². The molecular formula is C20H14N8O. The molecule has 9 nitrogen and oxygen atoms in total. The van der Waals surface area contributed by atoms with Crippen LogP contribution in [0.2, 0.25) is 0 Å². The number of rotatable bonds is 4. The van der Waals surface area contributed by atoms with Gasteiger partial charge in [-0.25, -0.2) is 9.50 Å². The second-order valence-corrected chi connectivity index (χ2v) is 6.17. The lowest BCUT2D eigenvalue weighted by molar-refractivity contribution is 0.102. The molecule has 29 heavy (non-hydrogen) atoms. The molecule has 1 aromatic carbocycles. The van der Waals surface area contributed by atoms with Crippen LogP contribution in [0.15, 0.2) is 73.2 Å². The molecule has 0 spiro atoms. The number of amides is 1. The summed E-state index contributed by atoms with van der Waals surface area (Å²) in [5.74, 6) is 0.212. The van der Waals surface area contributed by atoms with Crippen LogP contribution in [0.4, 0.5) is 5.95 Å². The third-order valence-corrected chi connectivity index (χ3v) is 4.33. The number of pyridine rings is 1. The molecule has 0 fully saturated rings. The summed E-state index contributed by atoms with van der Waals surface area (Å²) < 4.78 is 1.64. The Kier molecular flexibility index (Phi) is 4.02. The van der Waals surface area contributed by atoms with Crippen molar-refractivity contribution in [2.45, 2.75) is 0 Å². The fourth-order valence-electron chi connectivity index (χ4n) is 2.98. The minimum absolute atomic E-state index is 0.147. The van der Waals surface area contributed by atoms with Crippen LogP contribution in [0, 0.1) is 0 Å². The fraction of sp³-hybridized carbons (Fsp3) is 0. The molecule has 0 saturated heterocycles. The van der Waals surface area contributed by atoms with Crippen LogP contribution in [0.5, 0.6) is 0 Å². The molecule has 5 aromatic rings. The van der Waals surface area contributed by atoms with Gasteiger partial charge in [0.05, 0.1) is 11.9 Å². The molecule has 4 heterocycles. The average molecular weight is 382 g/mol. The first-order valence-corrected chi connectivity index (χ1v) is 8.83. The highest BCUT2D eigenvalue weighted by Gasteiger charge is 2.18. The number of fused-ring (bicyclic) bond motifs is 1. The van der Waals surface area contributed by atoms with Crippen molar-refractivity contribution in [1.29, 1.82) is 0 Å². The molecule has 0 radical (unpaired) electrons. The van der Waals surface area contributed by atoms with Crippen LogP contribution >= 0.6 is 0 Å². The predicted molar refractivity (Wildman–Crippen MR) is 106 cm³/mol. The summed E-state index contributed by atoms with van der Waals surface area (Å²) in [5, 5.41) is 13.8. The van der Waals surface area contributed by atoms with E-state index < -0.39 is 5.91 Å². The Bertz CT molecular complexity index is 1290. The van der Waals surface area contributed by atoms with E-state index in [0.29, 0.717) is 22.7 Å². The zero-order chi connectivity index (χ0) is 19.6. The van der Waals surface area contributed by atoms with Crippen molar-refractivity contribution < 1.29 is 4.79 Å². The predicted octanol–water partition coefficient (Wildman–Crippen LogP) is 2.83. The average Bonchev–Trinajstić information content (AvgIpc) is 3.42. The van der Waals surface area contributed by atoms with Crippen molar-refractivity contribution in [2.75, 3.05) is 5.32 Å². The molecule has 0 aliphatic carbocycles. The van der Waals surface area contributed by atoms with Crippen molar-refractivity contribution in [3.05, 3.63) is 78.8 Å². The van der Waals surface area contributed by atoms with Gasteiger partial charge in [0.2, 0.25) is 5.95 Å². The fourth-order valence-corrected chi connectivity index (χ4v) is 2.98. The lowest BCUT2D eigenvalue weighted by atomic mass is 10.1. The quantitative estimate of drug-likeness (QED) is 0.494. The molecule has 0 aliphatic heterocycles. The van der Waals surface area contributed by atoms with Gasteiger partial charge in [0.15, 0.2) is 11.5 Å². The minimum Gasteiger partial charge on any atom is -0.289 e. The number of hydrogen-bond acceptors (Lipinski definition) is 6. The highest BCUT2D eigenvalue weighted by Crippen LogP contribution is 2.21. The smallest absolute Gasteiger partial charge is 0.263 e. The van der Waals surface area contributed by atoms with E-state index in [-0.39, 0.29) is 5.95 Å². The number of hydrogen-bond donors (Lipinski definition) is 2. The molecule has 4 aromatic heterocycles. The topological polar surface area (TPSA) is 114 Å². The molecule has 2 N–H and O–H groups in total. The third-order valence-electron chi connectivity index (χ3n) is 4.33. The van der Waals surface area contributed by atoms with Crippen LogP contribution in [0.1, 0.15) is 10.4 Å². The summed E-state index contributed by atoms with van der Waals surface area (Å²) in [4.78, 5) is 25.6. The first kappa shape index (κ1) is 16.8. The lowest BCUT2D eigenvalue weighted by Gasteiger charge is -2.04. The summed E-state index contributed by atoms with van der Waals surface area (Å²) in [5.41, 5.74) is 3.22. The van der Waals surface area contributed by atoms with E-state index in [1.807, 2.05) is 48.5 Å². The Morgan fingerprint density at radius 3 is 2.66 bits per heavy atom. The van der Waals surface area contributed by atoms with E-state index in [2.05, 4.69) is 35.6 Å². The SMILES string of the molecule is O=C(Nc1n[nH]c(-c2ccccn2)n1)c1cnn2c(-c3ccccc3)ccnc12. The van der Waals surface area contributed by atoms with E-state index in [4.69, 9.17) is 0 Å². The second kappa shape index (κ2) is 6.97. The Morgan fingerprint density at radius 1 is 0.966 bits per heavy atom. The molecule has 0 aliphatic rings. The van der Waals surface area contributed by atoms with Crippen LogP contribution in [-0.2, 0) is 0 Å². The molecule has 140 valence electrons. The van der Waals surface area contributed by atoms with Gasteiger partial charge in [-0.05, 0) is 18.2 Å². The van der Waals surface area contributed by atoms with Gasteiger partial charge in [0.1, 0.15) is 11.3 Å². The zero-order valence-corrected chi connectivity index (χ0v) is 15.0. The summed E-state index contributed by atoms with van der Waals surface area (Å²) in [7, 11) is 0. The van der Waals surface area contributed by atoms with Gasteiger partial charge in [-0.1, -0.05) is 36.4 Å². The van der Waals surface area contributed by atoms with Crippen LogP contribution < -0.4 is 5.32 Å². The van der Waals surface area contributed by atoms with Crippen LogP contribution in [0.3, 0.4) is 0 Å². The van der Waals surface area contributed by atoms with Crippen LogP contribution in [0.25, 0.3) is 28.4 Å². The highest BCUT2D eigenvalue weighted by atomic mass is 16.1. The van der Waals surface area contributed by atoms with E-state index in [1.165, 1.54) is 6.20 Å². The number of aromatic nitrogens is 7. The largest absolute Gasteiger partial charge is 0.289 e. The van der Waals surface area contributed by atoms with Crippen molar-refractivity contribution in [3.8, 4) is 22.8 Å². The van der Waals surface area contributed by atoms with E-state index in [1.54, 1.807) is 23.0 Å². The maximum atomic E-state index is 12.8. The number of nitrogens with one attached hydrogen (secondary N) is 2. The number of anilines is 1. The van der Waals surface area contributed by atoms with Gasteiger partial charge in [-0.3, -0.25) is 20.2 Å². The van der Waals surface area contributed by atoms with Gasteiger partial charge in [-0.2, -0.15) is 10.1 Å². The zero-order valence-electron chi connectivity index (χ0n) is 15.0. The van der Waals surface area contributed by atoms with E-state index >= 15 is 0 Å². The molecule has 0 unspecified atom stereocenters. The number of carbonyl (C=O) groups is 1. The highest BCUT2D eigenvalue weighted by molar-refractivity contribution is 6.07. The minimum atomic E-state index is -0.399. The van der Waals surface area contributed by atoms with E-state index in [9.17, 15) is 4.79 Å². The maximum absolute atomic E-state index is 12.8. The van der Waals surface area contributed by atoms with Gasteiger partial charge < -0.3 is 0 Å². The Balaban J connectivity index is 1.44. The molecule has 0 saturated carbocycles. The number of aromatic amines is 1. The second-order valence-electron chi connectivity index (χ2n) is 6.17. The summed E-state index contributed by atoms with van der Waals surface area (Å²) >= 11 is 0. The van der Waals surface area contributed by atoms with Crippen molar-refractivity contribution in [2.24, 2.45) is 0 Å². The van der Waals surface area contributed by atoms with Gasteiger partial charge in [0.25, 0.3) is 5.91 Å². The van der Waals surface area contributed by atoms with Gasteiger partial charge in [0, 0.05) is 18.0 Å². The Morgan fingerprint density at radius 2 is 1.83 bits per heavy atom. The first-order chi connectivity index (χ1) is 14.3. The molecule has 9 heteroatoms. The summed E-state index contributed by atoms with van der Waals surface area (Å²) in [6.07, 6.45) is 4.80. The van der Waals surface area contributed by atoms with Gasteiger partial charge >= 0.3 is 0 Å². The number of H-pyrrole nitrogens is 1.